The van der Waals surface area contributed by atoms with Crippen LogP contribution in [0.25, 0.3) is 0 Å². The molecule has 0 aliphatic rings. The molecular weight excluding hydrogens is 388 g/mol. The molecule has 0 saturated carbocycles. The van der Waals surface area contributed by atoms with Crippen LogP contribution in [0.5, 0.6) is 0 Å². The topological polar surface area (TPSA) is 215 Å². The van der Waals surface area contributed by atoms with Crippen molar-refractivity contribution < 1.29 is 19.5 Å². The Bertz CT molecular complexity index is 678. The summed E-state index contributed by atoms with van der Waals surface area (Å²) in [7, 11) is 0. The number of rotatable bonds is 12. The zero-order chi connectivity index (χ0) is 21.1. The summed E-state index contributed by atoms with van der Waals surface area (Å²) in [5.41, 5.74) is 17.0. The Kier molecular flexibility index (Phi) is 9.81. The molecular formula is C15H26N8O4S. The normalized spacial score (nSPS) is 13.8. The molecule has 1 heterocycles. The van der Waals surface area contributed by atoms with Crippen LogP contribution in [0, 0.1) is 0 Å². The molecule has 13 heteroatoms. The number of aliphatic imine (C=N–C) groups is 1. The number of nitrogens with two attached hydrogens (primary N) is 3. The summed E-state index contributed by atoms with van der Waals surface area (Å²) in [6.07, 6.45) is 3.76. The van der Waals surface area contributed by atoms with E-state index in [2.05, 4.69) is 38.2 Å². The van der Waals surface area contributed by atoms with Crippen molar-refractivity contribution >= 4 is 36.4 Å². The van der Waals surface area contributed by atoms with E-state index in [4.69, 9.17) is 22.3 Å². The molecule has 156 valence electrons. The quantitative estimate of drug-likeness (QED) is 0.0778. The molecule has 1 rings (SSSR count). The van der Waals surface area contributed by atoms with Crippen LogP contribution in [0.15, 0.2) is 17.5 Å². The molecule has 0 saturated heterocycles. The van der Waals surface area contributed by atoms with Gasteiger partial charge in [-0.2, -0.15) is 12.6 Å². The average molecular weight is 414 g/mol. The lowest BCUT2D eigenvalue weighted by atomic mass is 10.1. The predicted octanol–water partition coefficient (Wildman–Crippen LogP) is -2.68. The van der Waals surface area contributed by atoms with E-state index in [9.17, 15) is 14.4 Å². The Hall–Kier alpha value is -2.80. The lowest BCUT2D eigenvalue weighted by molar-refractivity contribution is -0.141. The minimum atomic E-state index is -1.23. The van der Waals surface area contributed by atoms with Crippen LogP contribution < -0.4 is 27.8 Å². The number of aromatic nitrogens is 2. The van der Waals surface area contributed by atoms with E-state index in [0.29, 0.717) is 12.1 Å². The number of aromatic amines is 1. The Morgan fingerprint density at radius 1 is 1.25 bits per heavy atom. The lowest BCUT2D eigenvalue weighted by Gasteiger charge is -2.22. The highest BCUT2D eigenvalue weighted by Crippen LogP contribution is 2.03. The number of amides is 2. The van der Waals surface area contributed by atoms with Gasteiger partial charge in [-0.1, -0.05) is 0 Å². The lowest BCUT2D eigenvalue weighted by Crippen LogP contribution is -2.55. The first-order valence-electron chi connectivity index (χ1n) is 8.47. The number of nitrogens with one attached hydrogen (secondary N) is 3. The molecule has 3 unspecified atom stereocenters. The summed E-state index contributed by atoms with van der Waals surface area (Å²) >= 11 is 3.90. The molecule has 0 bridgehead atoms. The Morgan fingerprint density at radius 2 is 1.93 bits per heavy atom. The highest BCUT2D eigenvalue weighted by atomic mass is 32.1. The van der Waals surface area contributed by atoms with Crippen molar-refractivity contribution in [1.29, 1.82) is 0 Å². The first kappa shape index (κ1) is 23.2. The summed E-state index contributed by atoms with van der Waals surface area (Å²) in [5, 5.41) is 13.9. The third-order valence-electron chi connectivity index (χ3n) is 3.71. The van der Waals surface area contributed by atoms with Gasteiger partial charge in [-0.25, -0.2) is 9.78 Å². The second-order valence-electron chi connectivity index (χ2n) is 5.98. The Balaban J connectivity index is 2.74. The number of carbonyl (C=O) groups is 3. The number of imidazole rings is 1. The van der Waals surface area contributed by atoms with Gasteiger partial charge in [-0.05, 0) is 12.8 Å². The molecule has 3 atom stereocenters. The summed E-state index contributed by atoms with van der Waals surface area (Å²) in [5.74, 6) is -2.64. The number of thiol groups is 1. The maximum Gasteiger partial charge on any atom is 0.327 e. The first-order valence-corrected chi connectivity index (χ1v) is 9.10. The number of carboxylic acid groups (broad SMARTS) is 1. The third kappa shape index (κ3) is 8.26. The predicted molar refractivity (Wildman–Crippen MR) is 106 cm³/mol. The number of H-pyrrole nitrogens is 1. The fourth-order valence-corrected chi connectivity index (χ4v) is 2.48. The molecule has 28 heavy (non-hydrogen) atoms. The zero-order valence-corrected chi connectivity index (χ0v) is 16.1. The Morgan fingerprint density at radius 3 is 2.46 bits per heavy atom. The fraction of sp³-hybridized carbons (Fsp3) is 0.533. The number of hydrogen-bond donors (Lipinski definition) is 8. The summed E-state index contributed by atoms with van der Waals surface area (Å²) in [6, 6.07) is -3.11. The maximum atomic E-state index is 12.5. The molecule has 2 amide bonds. The number of carboxylic acids is 1. The average Bonchev–Trinajstić information content (AvgIpc) is 3.14. The van der Waals surface area contributed by atoms with Crippen molar-refractivity contribution in [3.63, 3.8) is 0 Å². The van der Waals surface area contributed by atoms with E-state index in [1.54, 1.807) is 0 Å². The van der Waals surface area contributed by atoms with Gasteiger partial charge in [0.25, 0.3) is 0 Å². The smallest absolute Gasteiger partial charge is 0.327 e. The number of carbonyl (C=O) groups excluding carboxylic acids is 2. The maximum absolute atomic E-state index is 12.5. The fourth-order valence-electron chi connectivity index (χ4n) is 2.23. The van der Waals surface area contributed by atoms with Crippen molar-refractivity contribution in [2.45, 2.75) is 37.4 Å². The first-order chi connectivity index (χ1) is 13.2. The van der Waals surface area contributed by atoms with E-state index in [1.807, 2.05) is 0 Å². The number of aliphatic carboxylic acids is 1. The van der Waals surface area contributed by atoms with Crippen LogP contribution in [0.1, 0.15) is 18.5 Å². The summed E-state index contributed by atoms with van der Waals surface area (Å²) in [4.78, 5) is 46.4. The summed E-state index contributed by atoms with van der Waals surface area (Å²) in [6.45, 7) is 0.247. The highest BCUT2D eigenvalue weighted by Gasteiger charge is 2.27. The van der Waals surface area contributed by atoms with Crippen LogP contribution in [-0.4, -0.2) is 69.2 Å². The van der Waals surface area contributed by atoms with Gasteiger partial charge in [0.05, 0.1) is 12.4 Å². The van der Waals surface area contributed by atoms with Crippen LogP contribution in [0.2, 0.25) is 0 Å². The Labute approximate surface area is 167 Å². The van der Waals surface area contributed by atoms with Crippen LogP contribution in [0.4, 0.5) is 0 Å². The van der Waals surface area contributed by atoms with E-state index in [0.717, 1.165) is 0 Å². The number of guanidine groups is 1. The van der Waals surface area contributed by atoms with Gasteiger partial charge in [-0.15, -0.1) is 0 Å². The standard InChI is InChI=1S/C15H26N8O4S/c16-9(4-8-5-19-7-21-8)12(24)22-10(2-1-3-20-15(17)18)13(25)23-11(6-28)14(26)27/h5,7,9-11,28H,1-4,6,16H2,(H,19,21)(H,22,24)(H,23,25)(H,26,27)(H4,17,18,20). The van der Waals surface area contributed by atoms with Gasteiger partial charge < -0.3 is 37.9 Å². The number of nitrogens with zero attached hydrogens (tertiary/aromatic N) is 2. The largest absolute Gasteiger partial charge is 0.480 e. The SMILES string of the molecule is NC(N)=NCCCC(NC(=O)C(N)Cc1cnc[nH]1)C(=O)NC(CS)C(=O)O. The summed E-state index contributed by atoms with van der Waals surface area (Å²) < 4.78 is 0. The minimum Gasteiger partial charge on any atom is -0.480 e. The van der Waals surface area contributed by atoms with Crippen molar-refractivity contribution in [3.8, 4) is 0 Å². The van der Waals surface area contributed by atoms with Crippen LogP contribution >= 0.6 is 12.6 Å². The molecule has 10 N–H and O–H groups in total. The second-order valence-corrected chi connectivity index (χ2v) is 6.34. The van der Waals surface area contributed by atoms with Crippen molar-refractivity contribution in [3.05, 3.63) is 18.2 Å². The van der Waals surface area contributed by atoms with Crippen molar-refractivity contribution in [2.24, 2.45) is 22.2 Å². The zero-order valence-electron chi connectivity index (χ0n) is 15.2. The second kappa shape index (κ2) is 11.8. The van der Waals surface area contributed by atoms with E-state index >= 15 is 0 Å². The molecule has 0 radical (unpaired) electrons. The van der Waals surface area contributed by atoms with Gasteiger partial charge in [0.15, 0.2) is 5.96 Å². The molecule has 0 aromatic carbocycles. The number of hydrogen-bond acceptors (Lipinski definition) is 7. The minimum absolute atomic E-state index is 0.0902. The van der Waals surface area contributed by atoms with Gasteiger partial charge >= 0.3 is 5.97 Å². The van der Waals surface area contributed by atoms with Gasteiger partial charge in [0.2, 0.25) is 11.8 Å². The molecule has 0 aliphatic carbocycles. The van der Waals surface area contributed by atoms with Gasteiger partial charge in [0.1, 0.15) is 12.1 Å². The van der Waals surface area contributed by atoms with Gasteiger partial charge in [0, 0.05) is 30.6 Å². The molecule has 0 spiro atoms. The van der Waals surface area contributed by atoms with E-state index in [1.165, 1.54) is 12.5 Å². The van der Waals surface area contributed by atoms with E-state index in [-0.39, 0.29) is 31.1 Å². The molecule has 1 aromatic heterocycles. The van der Waals surface area contributed by atoms with Gasteiger partial charge in [-0.3, -0.25) is 14.6 Å². The van der Waals surface area contributed by atoms with Crippen molar-refractivity contribution in [2.75, 3.05) is 12.3 Å². The monoisotopic (exact) mass is 414 g/mol. The molecule has 0 fully saturated rings. The molecule has 1 aromatic rings. The van der Waals surface area contributed by atoms with Crippen molar-refractivity contribution in [1.82, 2.24) is 20.6 Å². The molecule has 12 nitrogen and oxygen atoms in total. The third-order valence-corrected chi connectivity index (χ3v) is 4.07. The van der Waals surface area contributed by atoms with Crippen LogP contribution in [-0.2, 0) is 20.8 Å². The molecule has 0 aliphatic heterocycles. The van der Waals surface area contributed by atoms with E-state index < -0.39 is 35.9 Å². The highest BCUT2D eigenvalue weighted by molar-refractivity contribution is 7.80. The van der Waals surface area contributed by atoms with Crippen LogP contribution in [0.3, 0.4) is 0 Å².